The molecule has 2 aromatic rings. The Balaban J connectivity index is 1.54. The summed E-state index contributed by atoms with van der Waals surface area (Å²) in [5, 5.41) is 3.05. The van der Waals surface area contributed by atoms with Gasteiger partial charge in [0.1, 0.15) is 13.2 Å². The zero-order chi connectivity index (χ0) is 17.6. The van der Waals surface area contributed by atoms with Crippen LogP contribution in [0.15, 0.2) is 51.8 Å². The van der Waals surface area contributed by atoms with Gasteiger partial charge in [-0.1, -0.05) is 34.1 Å². The lowest BCUT2D eigenvalue weighted by molar-refractivity contribution is -0.121. The van der Waals surface area contributed by atoms with Crippen molar-refractivity contribution in [1.82, 2.24) is 5.32 Å². The predicted molar refractivity (Wildman–Crippen MR) is 103 cm³/mol. The van der Waals surface area contributed by atoms with Gasteiger partial charge in [0, 0.05) is 21.5 Å². The van der Waals surface area contributed by atoms with Crippen molar-refractivity contribution in [2.45, 2.75) is 24.3 Å². The molecular weight excluding hydrogens is 402 g/mol. The smallest absolute Gasteiger partial charge is 0.221 e. The number of ether oxygens (including phenoxy) is 2. The van der Waals surface area contributed by atoms with Gasteiger partial charge in [0.05, 0.1) is 6.04 Å². The van der Waals surface area contributed by atoms with Gasteiger partial charge in [-0.05, 0) is 36.8 Å². The van der Waals surface area contributed by atoms with Gasteiger partial charge < -0.3 is 14.8 Å². The molecule has 1 heterocycles. The number of amides is 1. The van der Waals surface area contributed by atoms with E-state index in [0.717, 1.165) is 27.3 Å². The third-order valence-corrected chi connectivity index (χ3v) is 5.55. The number of thioether (sulfide) groups is 1. The monoisotopic (exact) mass is 421 g/mol. The number of rotatable bonds is 6. The van der Waals surface area contributed by atoms with E-state index in [1.165, 1.54) is 4.90 Å². The van der Waals surface area contributed by atoms with Gasteiger partial charge in [0.25, 0.3) is 0 Å². The molecule has 0 fully saturated rings. The molecule has 132 valence electrons. The Kier molecular flexibility index (Phi) is 6.26. The summed E-state index contributed by atoms with van der Waals surface area (Å²) in [7, 11) is 0. The van der Waals surface area contributed by atoms with Gasteiger partial charge in [-0.15, -0.1) is 11.8 Å². The predicted octanol–water partition coefficient (Wildman–Crippen LogP) is 4.58. The van der Waals surface area contributed by atoms with E-state index in [1.807, 2.05) is 37.3 Å². The first-order chi connectivity index (χ1) is 12.1. The lowest BCUT2D eigenvalue weighted by Crippen LogP contribution is -2.27. The average molecular weight is 422 g/mol. The van der Waals surface area contributed by atoms with E-state index in [4.69, 9.17) is 9.47 Å². The summed E-state index contributed by atoms with van der Waals surface area (Å²) in [5.74, 6) is 2.26. The minimum Gasteiger partial charge on any atom is -0.486 e. The van der Waals surface area contributed by atoms with Crippen LogP contribution in [0.4, 0.5) is 0 Å². The summed E-state index contributed by atoms with van der Waals surface area (Å²) in [6, 6.07) is 13.8. The summed E-state index contributed by atoms with van der Waals surface area (Å²) in [5.41, 5.74) is 0.980. The fraction of sp³-hybridized carbons (Fsp3) is 0.316. The highest BCUT2D eigenvalue weighted by molar-refractivity contribution is 9.10. The van der Waals surface area contributed by atoms with Crippen LogP contribution in [0.1, 0.15) is 24.9 Å². The molecule has 1 unspecified atom stereocenters. The van der Waals surface area contributed by atoms with Gasteiger partial charge in [-0.25, -0.2) is 0 Å². The van der Waals surface area contributed by atoms with Crippen molar-refractivity contribution in [2.75, 3.05) is 19.0 Å². The molecule has 25 heavy (non-hydrogen) atoms. The lowest BCUT2D eigenvalue weighted by atomic mass is 10.1. The first kappa shape index (κ1) is 18.1. The molecule has 0 saturated heterocycles. The van der Waals surface area contributed by atoms with Crippen LogP contribution in [0.2, 0.25) is 0 Å². The van der Waals surface area contributed by atoms with Crippen LogP contribution in [-0.2, 0) is 4.79 Å². The van der Waals surface area contributed by atoms with Crippen LogP contribution < -0.4 is 14.8 Å². The normalized spacial score (nSPS) is 14.0. The maximum atomic E-state index is 12.2. The highest BCUT2D eigenvalue weighted by Gasteiger charge is 2.19. The van der Waals surface area contributed by atoms with Crippen LogP contribution in [-0.4, -0.2) is 24.9 Å². The highest BCUT2D eigenvalue weighted by Crippen LogP contribution is 2.37. The standard InChI is InChI=1S/C19H20BrNO3S/c1-13(15-11-17-18(12-16(15)20)24-9-8-23-17)21-19(22)7-10-25-14-5-3-2-4-6-14/h2-6,11-13H,7-10H2,1H3,(H,21,22). The zero-order valence-corrected chi connectivity index (χ0v) is 16.4. The minimum absolute atomic E-state index is 0.0396. The second-order valence-electron chi connectivity index (χ2n) is 5.72. The molecule has 1 aliphatic heterocycles. The first-order valence-corrected chi connectivity index (χ1v) is 9.97. The molecule has 1 atom stereocenters. The topological polar surface area (TPSA) is 47.6 Å². The second-order valence-corrected chi connectivity index (χ2v) is 7.74. The Bertz CT molecular complexity index is 739. The Morgan fingerprint density at radius 2 is 1.88 bits per heavy atom. The molecule has 3 rings (SSSR count). The lowest BCUT2D eigenvalue weighted by Gasteiger charge is -2.22. The second kappa shape index (κ2) is 8.63. The molecule has 0 radical (unpaired) electrons. The van der Waals surface area contributed by atoms with E-state index in [1.54, 1.807) is 11.8 Å². The highest BCUT2D eigenvalue weighted by atomic mass is 79.9. The molecule has 1 N–H and O–H groups in total. The van der Waals surface area contributed by atoms with Gasteiger partial charge >= 0.3 is 0 Å². The number of halogens is 1. The molecule has 0 aromatic heterocycles. The van der Waals surface area contributed by atoms with Gasteiger partial charge in [-0.2, -0.15) is 0 Å². The quantitative estimate of drug-likeness (QED) is 0.693. The van der Waals surface area contributed by atoms with Crippen LogP contribution >= 0.6 is 27.7 Å². The Hall–Kier alpha value is -1.66. The molecule has 2 aromatic carbocycles. The summed E-state index contributed by atoms with van der Waals surface area (Å²) < 4.78 is 12.1. The summed E-state index contributed by atoms with van der Waals surface area (Å²) in [6.07, 6.45) is 0.478. The molecule has 0 saturated carbocycles. The van der Waals surface area contributed by atoms with E-state index >= 15 is 0 Å². The number of carbonyl (C=O) groups is 1. The maximum Gasteiger partial charge on any atom is 0.221 e. The average Bonchev–Trinajstić information content (AvgIpc) is 2.62. The van der Waals surface area contributed by atoms with Gasteiger partial charge in [0.2, 0.25) is 5.91 Å². The molecule has 0 aliphatic carbocycles. The number of benzene rings is 2. The fourth-order valence-electron chi connectivity index (χ4n) is 2.58. The van der Waals surface area contributed by atoms with Crippen LogP contribution in [0.25, 0.3) is 0 Å². The van der Waals surface area contributed by atoms with Crippen molar-refractivity contribution >= 4 is 33.6 Å². The van der Waals surface area contributed by atoms with Crippen LogP contribution in [0.5, 0.6) is 11.5 Å². The summed E-state index contributed by atoms with van der Waals surface area (Å²) in [4.78, 5) is 13.4. The Morgan fingerprint density at radius 1 is 1.20 bits per heavy atom. The largest absolute Gasteiger partial charge is 0.486 e. The van der Waals surface area contributed by atoms with Gasteiger partial charge in [-0.3, -0.25) is 4.79 Å². The molecular formula is C19H20BrNO3S. The summed E-state index contributed by atoms with van der Waals surface area (Å²) >= 11 is 5.24. The minimum atomic E-state index is -0.112. The van der Waals surface area contributed by atoms with Crippen molar-refractivity contribution < 1.29 is 14.3 Å². The van der Waals surface area contributed by atoms with Crippen molar-refractivity contribution in [2.24, 2.45) is 0 Å². The number of fused-ring (bicyclic) bond motifs is 1. The number of hydrogen-bond acceptors (Lipinski definition) is 4. The van der Waals surface area contributed by atoms with Crippen molar-refractivity contribution in [3.05, 3.63) is 52.5 Å². The van der Waals surface area contributed by atoms with Crippen molar-refractivity contribution in [3.8, 4) is 11.5 Å². The van der Waals surface area contributed by atoms with Crippen LogP contribution in [0, 0.1) is 0 Å². The maximum absolute atomic E-state index is 12.2. The van der Waals surface area contributed by atoms with Crippen molar-refractivity contribution in [1.29, 1.82) is 0 Å². The molecule has 0 bridgehead atoms. The Labute approximate surface area is 160 Å². The Morgan fingerprint density at radius 3 is 2.60 bits per heavy atom. The van der Waals surface area contributed by atoms with E-state index in [9.17, 15) is 4.79 Å². The number of nitrogens with one attached hydrogen (secondary N) is 1. The fourth-order valence-corrected chi connectivity index (χ4v) is 4.12. The van der Waals surface area contributed by atoms with Crippen molar-refractivity contribution in [3.63, 3.8) is 0 Å². The molecule has 0 spiro atoms. The van der Waals surface area contributed by atoms with Gasteiger partial charge in [0.15, 0.2) is 11.5 Å². The van der Waals surface area contributed by atoms with E-state index in [-0.39, 0.29) is 11.9 Å². The van der Waals surface area contributed by atoms with E-state index < -0.39 is 0 Å². The third kappa shape index (κ3) is 4.92. The van der Waals surface area contributed by atoms with E-state index in [0.29, 0.717) is 19.6 Å². The van der Waals surface area contributed by atoms with E-state index in [2.05, 4.69) is 33.4 Å². The number of carbonyl (C=O) groups excluding carboxylic acids is 1. The molecule has 1 amide bonds. The zero-order valence-electron chi connectivity index (χ0n) is 14.0. The molecule has 1 aliphatic rings. The van der Waals surface area contributed by atoms with Crippen LogP contribution in [0.3, 0.4) is 0 Å². The summed E-state index contributed by atoms with van der Waals surface area (Å²) in [6.45, 7) is 3.08. The molecule has 6 heteroatoms. The number of hydrogen-bond donors (Lipinski definition) is 1. The molecule has 4 nitrogen and oxygen atoms in total. The first-order valence-electron chi connectivity index (χ1n) is 8.20. The SMILES string of the molecule is CC(NC(=O)CCSc1ccccc1)c1cc2c(cc1Br)OCCO2. The third-order valence-electron chi connectivity index (χ3n) is 3.85.